The Morgan fingerprint density at radius 2 is 1.89 bits per heavy atom. The lowest BCUT2D eigenvalue weighted by Gasteiger charge is -2.48. The molecule has 0 aliphatic carbocycles. The van der Waals surface area contributed by atoms with E-state index < -0.39 is 26.9 Å². The van der Waals surface area contributed by atoms with Crippen molar-refractivity contribution in [1.82, 2.24) is 10.2 Å². The molecule has 0 radical (unpaired) electrons. The van der Waals surface area contributed by atoms with Crippen molar-refractivity contribution in [3.8, 4) is 0 Å². The van der Waals surface area contributed by atoms with Crippen molar-refractivity contribution in [2.24, 2.45) is 0 Å². The fourth-order valence-electron chi connectivity index (χ4n) is 4.57. The average Bonchev–Trinajstić information content (AvgIpc) is 3.07. The van der Waals surface area contributed by atoms with E-state index >= 15 is 0 Å². The molecule has 0 spiro atoms. The zero-order chi connectivity index (χ0) is 20.3. The van der Waals surface area contributed by atoms with E-state index in [1.807, 2.05) is 0 Å². The molecule has 3 amide bonds. The summed E-state index contributed by atoms with van der Waals surface area (Å²) in [5.74, 6) is -0.873. The summed E-state index contributed by atoms with van der Waals surface area (Å²) in [5, 5.41) is 2.80. The van der Waals surface area contributed by atoms with Crippen molar-refractivity contribution in [3.05, 3.63) is 29.8 Å². The molecular weight excluding hydrogens is 382 g/mol. The van der Waals surface area contributed by atoms with E-state index in [4.69, 9.17) is 0 Å². The molecule has 28 heavy (non-hydrogen) atoms. The molecule has 150 valence electrons. The minimum absolute atomic E-state index is 0.0415. The highest BCUT2D eigenvalue weighted by atomic mass is 32.2. The molecule has 1 N–H and O–H groups in total. The number of carbonyl (C=O) groups is 3. The van der Waals surface area contributed by atoms with E-state index in [-0.39, 0.29) is 29.9 Å². The van der Waals surface area contributed by atoms with Gasteiger partial charge in [-0.05, 0) is 38.8 Å². The summed E-state index contributed by atoms with van der Waals surface area (Å²) in [6.07, 6.45) is 1.08. The van der Waals surface area contributed by atoms with E-state index in [1.165, 1.54) is 4.90 Å². The van der Waals surface area contributed by atoms with Gasteiger partial charge < -0.3 is 10.2 Å². The lowest BCUT2D eigenvalue weighted by molar-refractivity contribution is -0.125. The third-order valence-corrected chi connectivity index (χ3v) is 7.89. The first-order valence-corrected chi connectivity index (χ1v) is 11.1. The smallest absolute Gasteiger partial charge is 0.258 e. The maximum atomic E-state index is 13.1. The number of carbonyl (C=O) groups excluding carboxylic acids is 3. The van der Waals surface area contributed by atoms with Gasteiger partial charge in [0.25, 0.3) is 5.91 Å². The van der Waals surface area contributed by atoms with Crippen molar-refractivity contribution in [3.63, 3.8) is 0 Å². The highest BCUT2D eigenvalue weighted by Gasteiger charge is 2.53. The number of benzene rings is 1. The Kier molecular flexibility index (Phi) is 4.08. The highest BCUT2D eigenvalue weighted by Crippen LogP contribution is 2.43. The van der Waals surface area contributed by atoms with Crippen LogP contribution in [0.15, 0.2) is 24.3 Å². The molecule has 9 heteroatoms. The van der Waals surface area contributed by atoms with E-state index in [9.17, 15) is 22.8 Å². The summed E-state index contributed by atoms with van der Waals surface area (Å²) >= 11 is 0. The number of anilines is 1. The number of hydrogen-bond acceptors (Lipinski definition) is 5. The van der Waals surface area contributed by atoms with Gasteiger partial charge in [0.15, 0.2) is 9.84 Å². The zero-order valence-corrected chi connectivity index (χ0v) is 16.7. The molecule has 3 aliphatic rings. The molecule has 3 aliphatic heterocycles. The van der Waals surface area contributed by atoms with Crippen LogP contribution < -0.4 is 10.2 Å². The van der Waals surface area contributed by atoms with Gasteiger partial charge in [-0.25, -0.2) is 8.42 Å². The number of nitrogens with one attached hydrogen (secondary N) is 1. The Hall–Kier alpha value is -2.42. The molecule has 4 rings (SSSR count). The first kappa shape index (κ1) is 18.9. The van der Waals surface area contributed by atoms with Crippen LogP contribution in [0.1, 0.15) is 43.5 Å². The molecule has 0 aromatic heterocycles. The SMILES string of the molecule is C[C@@]1(NC(=O)CN2C(=O)c3ccccc3N3C(=O)CC[C@@]23C)CCS(=O)(=O)C1. The number of sulfone groups is 1. The minimum Gasteiger partial charge on any atom is -0.348 e. The molecular formula is C19H23N3O5S. The summed E-state index contributed by atoms with van der Waals surface area (Å²) in [7, 11) is -3.17. The second kappa shape index (κ2) is 6.04. The quantitative estimate of drug-likeness (QED) is 0.796. The van der Waals surface area contributed by atoms with E-state index in [0.717, 1.165) is 0 Å². The molecule has 0 bridgehead atoms. The third kappa shape index (κ3) is 2.88. The number of para-hydroxylation sites is 1. The van der Waals surface area contributed by atoms with Crippen molar-refractivity contribution in [2.75, 3.05) is 23.0 Å². The fourth-order valence-corrected chi connectivity index (χ4v) is 6.66. The van der Waals surface area contributed by atoms with Crippen LogP contribution >= 0.6 is 0 Å². The van der Waals surface area contributed by atoms with Crippen LogP contribution in [-0.4, -0.2) is 60.3 Å². The van der Waals surface area contributed by atoms with Crippen LogP contribution in [-0.2, 0) is 19.4 Å². The van der Waals surface area contributed by atoms with Gasteiger partial charge in [0.2, 0.25) is 11.8 Å². The van der Waals surface area contributed by atoms with Gasteiger partial charge >= 0.3 is 0 Å². The first-order chi connectivity index (χ1) is 13.0. The second-order valence-corrected chi connectivity index (χ2v) is 10.5. The predicted molar refractivity (Wildman–Crippen MR) is 102 cm³/mol. The molecule has 3 heterocycles. The molecule has 1 aromatic rings. The van der Waals surface area contributed by atoms with Crippen molar-refractivity contribution >= 4 is 33.2 Å². The Labute approximate surface area is 163 Å². The van der Waals surface area contributed by atoms with Gasteiger partial charge in [-0.1, -0.05) is 12.1 Å². The number of hydrogen-bond donors (Lipinski definition) is 1. The van der Waals surface area contributed by atoms with Gasteiger partial charge in [-0.15, -0.1) is 0 Å². The van der Waals surface area contributed by atoms with Crippen LogP contribution in [0.5, 0.6) is 0 Å². The van der Waals surface area contributed by atoms with E-state index in [1.54, 1.807) is 43.0 Å². The zero-order valence-electron chi connectivity index (χ0n) is 15.9. The first-order valence-electron chi connectivity index (χ1n) is 9.30. The van der Waals surface area contributed by atoms with Crippen molar-refractivity contribution in [1.29, 1.82) is 0 Å². The molecule has 2 fully saturated rings. The Bertz CT molecular complexity index is 991. The van der Waals surface area contributed by atoms with Gasteiger partial charge in [0, 0.05) is 6.42 Å². The number of nitrogens with zero attached hydrogens (tertiary/aromatic N) is 2. The van der Waals surface area contributed by atoms with Crippen LogP contribution in [0.3, 0.4) is 0 Å². The molecule has 1 aromatic carbocycles. The third-order valence-electron chi connectivity index (χ3n) is 5.99. The Balaban J connectivity index is 1.62. The number of fused-ring (bicyclic) bond motifs is 3. The average molecular weight is 405 g/mol. The monoisotopic (exact) mass is 405 g/mol. The summed E-state index contributed by atoms with van der Waals surface area (Å²) in [6.45, 7) is 3.26. The lowest BCUT2D eigenvalue weighted by Crippen LogP contribution is -2.64. The molecule has 0 unspecified atom stereocenters. The summed E-state index contributed by atoms with van der Waals surface area (Å²) in [5.41, 5.74) is -0.790. The van der Waals surface area contributed by atoms with Crippen LogP contribution in [0, 0.1) is 0 Å². The van der Waals surface area contributed by atoms with Crippen molar-refractivity contribution in [2.45, 2.75) is 44.3 Å². The van der Waals surface area contributed by atoms with E-state index in [2.05, 4.69) is 5.32 Å². The highest BCUT2D eigenvalue weighted by molar-refractivity contribution is 7.91. The number of rotatable bonds is 3. The van der Waals surface area contributed by atoms with Gasteiger partial charge in [0.1, 0.15) is 12.2 Å². The van der Waals surface area contributed by atoms with Crippen LogP contribution in [0.4, 0.5) is 5.69 Å². The largest absolute Gasteiger partial charge is 0.348 e. The Morgan fingerprint density at radius 1 is 1.18 bits per heavy atom. The number of amides is 3. The standard InChI is InChI=1S/C19H23N3O5S/c1-18(9-10-28(26,27)12-18)20-15(23)11-21-17(25)13-5-3-4-6-14(13)22-16(24)7-8-19(21,22)2/h3-6H,7-12H2,1-2H3,(H,20,23)/t18-,19+/m1/s1. The van der Waals surface area contributed by atoms with Gasteiger partial charge in [0.05, 0.1) is 28.3 Å². The van der Waals surface area contributed by atoms with Gasteiger partial charge in [-0.2, -0.15) is 0 Å². The topological polar surface area (TPSA) is 104 Å². The maximum absolute atomic E-state index is 13.1. The Morgan fingerprint density at radius 3 is 2.57 bits per heavy atom. The summed E-state index contributed by atoms with van der Waals surface area (Å²) in [4.78, 5) is 41.5. The maximum Gasteiger partial charge on any atom is 0.258 e. The lowest BCUT2D eigenvalue weighted by atomic mass is 9.98. The predicted octanol–water partition coefficient (Wildman–Crippen LogP) is 0.679. The van der Waals surface area contributed by atoms with Crippen molar-refractivity contribution < 1.29 is 22.8 Å². The van der Waals surface area contributed by atoms with Crippen LogP contribution in [0.2, 0.25) is 0 Å². The molecule has 8 nitrogen and oxygen atoms in total. The minimum atomic E-state index is -3.17. The summed E-state index contributed by atoms with van der Waals surface area (Å²) in [6, 6.07) is 6.90. The van der Waals surface area contributed by atoms with E-state index in [0.29, 0.717) is 30.5 Å². The normalized spacial score (nSPS) is 30.9. The molecule has 2 saturated heterocycles. The van der Waals surface area contributed by atoms with Gasteiger partial charge in [-0.3, -0.25) is 19.3 Å². The van der Waals surface area contributed by atoms with Crippen LogP contribution in [0.25, 0.3) is 0 Å². The fraction of sp³-hybridized carbons (Fsp3) is 0.526. The molecule has 0 saturated carbocycles. The second-order valence-electron chi connectivity index (χ2n) is 8.31. The summed E-state index contributed by atoms with van der Waals surface area (Å²) < 4.78 is 23.6. The molecule has 2 atom stereocenters.